The van der Waals surface area contributed by atoms with Crippen LogP contribution in [-0.2, 0) is 0 Å². The first-order valence-electron chi connectivity index (χ1n) is 6.00. The number of nitrogens with zero attached hydrogens (tertiary/aromatic N) is 4. The Kier molecular flexibility index (Phi) is 5.30. The van der Waals surface area contributed by atoms with Gasteiger partial charge >= 0.3 is 0 Å². The molecule has 0 bridgehead atoms. The maximum atomic E-state index is 9.14. The first kappa shape index (κ1) is 14.7. The van der Waals surface area contributed by atoms with Gasteiger partial charge in [-0.25, -0.2) is 9.97 Å². The minimum Gasteiger partial charge on any atom is -0.394 e. The lowest BCUT2D eigenvalue weighted by molar-refractivity contribution is 0.269. The molecule has 0 radical (unpaired) electrons. The standard InChI is InChI=1S/C12H22N4O2/c1-9(6-17)15(3)11-5-12(14-8-13-11)16(4)10(2)7-18/h5,8-10,17-18H,6-7H2,1-4H3/t9-,10-/m1/s1. The van der Waals surface area contributed by atoms with Gasteiger partial charge in [0.1, 0.15) is 18.0 Å². The molecule has 6 nitrogen and oxygen atoms in total. The predicted molar refractivity (Wildman–Crippen MR) is 71.9 cm³/mol. The van der Waals surface area contributed by atoms with Gasteiger partial charge in [0.2, 0.25) is 0 Å². The van der Waals surface area contributed by atoms with Crippen LogP contribution in [0.5, 0.6) is 0 Å². The van der Waals surface area contributed by atoms with Crippen LogP contribution < -0.4 is 9.80 Å². The zero-order valence-electron chi connectivity index (χ0n) is 11.4. The lowest BCUT2D eigenvalue weighted by Gasteiger charge is -2.27. The quantitative estimate of drug-likeness (QED) is 0.751. The first-order valence-corrected chi connectivity index (χ1v) is 6.00. The Morgan fingerprint density at radius 3 is 1.72 bits per heavy atom. The van der Waals surface area contributed by atoms with Crippen molar-refractivity contribution in [1.82, 2.24) is 9.97 Å². The second kappa shape index (κ2) is 6.51. The molecule has 0 aromatic carbocycles. The third-order valence-corrected chi connectivity index (χ3v) is 3.21. The SMILES string of the molecule is C[C@H](CO)N(C)c1cc(N(C)[C@H](C)CO)ncn1. The topological polar surface area (TPSA) is 72.7 Å². The van der Waals surface area contributed by atoms with Crippen LogP contribution in [0.1, 0.15) is 13.8 Å². The number of rotatable bonds is 6. The van der Waals surface area contributed by atoms with Crippen molar-refractivity contribution in [2.24, 2.45) is 0 Å². The van der Waals surface area contributed by atoms with E-state index >= 15 is 0 Å². The molecule has 1 rings (SSSR count). The van der Waals surface area contributed by atoms with Gasteiger partial charge in [0.25, 0.3) is 0 Å². The summed E-state index contributed by atoms with van der Waals surface area (Å²) in [5.41, 5.74) is 0. The van der Waals surface area contributed by atoms with Crippen LogP contribution in [0.3, 0.4) is 0 Å². The van der Waals surface area contributed by atoms with E-state index < -0.39 is 0 Å². The fourth-order valence-corrected chi connectivity index (χ4v) is 1.42. The van der Waals surface area contributed by atoms with Crippen molar-refractivity contribution in [3.05, 3.63) is 12.4 Å². The Bertz CT molecular complexity index is 344. The fourth-order valence-electron chi connectivity index (χ4n) is 1.42. The highest BCUT2D eigenvalue weighted by atomic mass is 16.3. The molecule has 2 atom stereocenters. The van der Waals surface area contributed by atoms with E-state index in [1.807, 2.05) is 43.8 Å². The molecule has 102 valence electrons. The van der Waals surface area contributed by atoms with E-state index in [9.17, 15) is 0 Å². The molecule has 0 aliphatic carbocycles. The minimum absolute atomic E-state index is 0.00618. The number of aromatic nitrogens is 2. The Hall–Kier alpha value is -1.40. The van der Waals surface area contributed by atoms with Gasteiger partial charge in [-0.15, -0.1) is 0 Å². The van der Waals surface area contributed by atoms with Crippen LogP contribution in [0.15, 0.2) is 12.4 Å². The van der Waals surface area contributed by atoms with Gasteiger partial charge in [-0.3, -0.25) is 0 Å². The van der Waals surface area contributed by atoms with Crippen LogP contribution in [0.4, 0.5) is 11.6 Å². The van der Waals surface area contributed by atoms with Gasteiger partial charge in [-0.1, -0.05) is 0 Å². The van der Waals surface area contributed by atoms with E-state index in [1.54, 1.807) is 0 Å². The van der Waals surface area contributed by atoms with Crippen LogP contribution in [-0.4, -0.2) is 59.6 Å². The Morgan fingerprint density at radius 1 is 1.00 bits per heavy atom. The summed E-state index contributed by atoms with van der Waals surface area (Å²) in [6.45, 7) is 3.97. The molecule has 2 N–H and O–H groups in total. The number of hydrogen-bond acceptors (Lipinski definition) is 6. The number of likely N-dealkylation sites (N-methyl/N-ethyl adjacent to an activating group) is 2. The summed E-state index contributed by atoms with van der Waals surface area (Å²) in [7, 11) is 3.75. The summed E-state index contributed by atoms with van der Waals surface area (Å²) in [5.74, 6) is 1.50. The molecule has 0 amide bonds. The zero-order valence-corrected chi connectivity index (χ0v) is 11.4. The molecular formula is C12H22N4O2. The lowest BCUT2D eigenvalue weighted by atomic mass is 10.3. The van der Waals surface area contributed by atoms with Crippen molar-refractivity contribution in [3.8, 4) is 0 Å². The number of aliphatic hydroxyl groups is 2. The number of aliphatic hydroxyl groups excluding tert-OH is 2. The molecule has 0 spiro atoms. The van der Waals surface area contributed by atoms with Gasteiger partial charge in [0, 0.05) is 20.2 Å². The number of anilines is 2. The molecular weight excluding hydrogens is 232 g/mol. The molecule has 0 unspecified atom stereocenters. The zero-order chi connectivity index (χ0) is 13.7. The van der Waals surface area contributed by atoms with Gasteiger partial charge < -0.3 is 20.0 Å². The summed E-state index contributed by atoms with van der Waals surface area (Å²) in [6.07, 6.45) is 1.49. The third-order valence-electron chi connectivity index (χ3n) is 3.21. The van der Waals surface area contributed by atoms with Crippen molar-refractivity contribution >= 4 is 11.6 Å². The molecule has 0 saturated carbocycles. The van der Waals surface area contributed by atoms with Gasteiger partial charge in [0.15, 0.2) is 0 Å². The van der Waals surface area contributed by atoms with Crippen LogP contribution in [0.2, 0.25) is 0 Å². The molecule has 0 aliphatic rings. The van der Waals surface area contributed by atoms with Crippen LogP contribution in [0, 0.1) is 0 Å². The highest BCUT2D eigenvalue weighted by Gasteiger charge is 2.14. The fraction of sp³-hybridized carbons (Fsp3) is 0.667. The van der Waals surface area contributed by atoms with Crippen molar-refractivity contribution < 1.29 is 10.2 Å². The van der Waals surface area contributed by atoms with Crippen molar-refractivity contribution in [2.75, 3.05) is 37.1 Å². The van der Waals surface area contributed by atoms with E-state index in [0.29, 0.717) is 0 Å². The molecule has 0 aliphatic heterocycles. The third kappa shape index (κ3) is 3.30. The minimum atomic E-state index is -0.00618. The highest BCUT2D eigenvalue weighted by Crippen LogP contribution is 2.18. The lowest BCUT2D eigenvalue weighted by Crippen LogP contribution is -2.34. The summed E-state index contributed by atoms with van der Waals surface area (Å²) in [5, 5.41) is 18.3. The predicted octanol–water partition coefficient (Wildman–Crippen LogP) is 0.111. The van der Waals surface area contributed by atoms with Gasteiger partial charge in [-0.05, 0) is 13.8 Å². The van der Waals surface area contributed by atoms with E-state index in [1.165, 1.54) is 6.33 Å². The molecule has 18 heavy (non-hydrogen) atoms. The largest absolute Gasteiger partial charge is 0.394 e. The van der Waals surface area contributed by atoms with Crippen molar-refractivity contribution in [3.63, 3.8) is 0 Å². The molecule has 6 heteroatoms. The van der Waals surface area contributed by atoms with Crippen LogP contribution in [0.25, 0.3) is 0 Å². The van der Waals surface area contributed by atoms with E-state index in [-0.39, 0.29) is 25.3 Å². The first-order chi connectivity index (χ1) is 8.51. The van der Waals surface area contributed by atoms with Crippen molar-refractivity contribution in [2.45, 2.75) is 25.9 Å². The summed E-state index contributed by atoms with van der Waals surface area (Å²) >= 11 is 0. The second-order valence-electron chi connectivity index (χ2n) is 4.52. The normalized spacial score (nSPS) is 14.1. The smallest absolute Gasteiger partial charge is 0.134 e. The van der Waals surface area contributed by atoms with Gasteiger partial charge in [-0.2, -0.15) is 0 Å². The molecule has 1 heterocycles. The molecule has 1 aromatic rings. The van der Waals surface area contributed by atoms with E-state index in [2.05, 4.69) is 9.97 Å². The summed E-state index contributed by atoms with van der Waals surface area (Å²) in [4.78, 5) is 12.2. The Labute approximate surface area is 108 Å². The second-order valence-corrected chi connectivity index (χ2v) is 4.52. The highest BCUT2D eigenvalue weighted by molar-refractivity contribution is 5.50. The molecule has 1 aromatic heterocycles. The Balaban J connectivity index is 2.91. The Morgan fingerprint density at radius 2 is 1.39 bits per heavy atom. The summed E-state index contributed by atoms with van der Waals surface area (Å²) in [6, 6.07) is 1.83. The average Bonchev–Trinajstić information content (AvgIpc) is 2.43. The molecule has 0 saturated heterocycles. The summed E-state index contributed by atoms with van der Waals surface area (Å²) < 4.78 is 0. The maximum Gasteiger partial charge on any atom is 0.134 e. The monoisotopic (exact) mass is 254 g/mol. The van der Waals surface area contributed by atoms with Crippen LogP contribution >= 0.6 is 0 Å². The van der Waals surface area contributed by atoms with E-state index in [0.717, 1.165) is 11.6 Å². The van der Waals surface area contributed by atoms with Crippen molar-refractivity contribution in [1.29, 1.82) is 0 Å². The average molecular weight is 254 g/mol. The molecule has 0 fully saturated rings. The maximum absolute atomic E-state index is 9.14. The van der Waals surface area contributed by atoms with Gasteiger partial charge in [0.05, 0.1) is 25.3 Å². The van der Waals surface area contributed by atoms with E-state index in [4.69, 9.17) is 10.2 Å². The number of hydrogen-bond donors (Lipinski definition) is 2.